The number of carbonyl (C=O) groups is 2. The van der Waals surface area contributed by atoms with E-state index >= 15 is 0 Å². The predicted octanol–water partition coefficient (Wildman–Crippen LogP) is 3.32. The van der Waals surface area contributed by atoms with Gasteiger partial charge in [0.05, 0.1) is 12.7 Å². The Labute approximate surface area is 208 Å². The molecule has 0 fully saturated rings. The molecule has 2 amide bonds. The summed E-state index contributed by atoms with van der Waals surface area (Å²) in [6.07, 6.45) is 1.36. The number of allylic oxidation sites excluding steroid dienone is 1. The number of anilines is 1. The molecule has 3 rings (SSSR count). The van der Waals surface area contributed by atoms with Gasteiger partial charge in [-0.1, -0.05) is 24.3 Å². The summed E-state index contributed by atoms with van der Waals surface area (Å²) < 4.78 is 28.1. The fourth-order valence-corrected chi connectivity index (χ4v) is 3.60. The molecule has 0 spiro atoms. The van der Waals surface area contributed by atoms with Crippen LogP contribution >= 0.6 is 0 Å². The van der Waals surface area contributed by atoms with Crippen molar-refractivity contribution in [2.24, 2.45) is 0 Å². The highest BCUT2D eigenvalue weighted by Crippen LogP contribution is 2.36. The van der Waals surface area contributed by atoms with Gasteiger partial charge in [0, 0.05) is 30.0 Å². The lowest BCUT2D eigenvalue weighted by molar-refractivity contribution is -0.124. The second-order valence-corrected chi connectivity index (χ2v) is 7.58. The molecule has 1 aliphatic rings. The summed E-state index contributed by atoms with van der Waals surface area (Å²) in [5.41, 5.74) is 2.55. The van der Waals surface area contributed by atoms with Crippen molar-refractivity contribution in [3.63, 3.8) is 0 Å². The van der Waals surface area contributed by atoms with Gasteiger partial charge in [0.2, 0.25) is 6.79 Å². The van der Waals surface area contributed by atoms with Crippen molar-refractivity contribution >= 4 is 17.7 Å². The standard InChI is InChI=1S/C25H30N2O9/c1-2-32-21(9-5-6-10-23(29)27-31)24(18-7-3-4-8-19(18)33-14-13-28)36-25(30)26-17-11-12-20-22(15-17)35-16-34-20/h3-4,6-8,10-12,15,21,24,28,31H,2,5,9,13-14,16H2,1H3,(H,26,30)(H,27,29)/b10-6+/t21-,24-/m0/s1. The third-order valence-corrected chi connectivity index (χ3v) is 5.14. The van der Waals surface area contributed by atoms with Crippen LogP contribution in [0.3, 0.4) is 0 Å². The molecule has 2 aromatic carbocycles. The largest absolute Gasteiger partial charge is 0.491 e. The number of amides is 2. The van der Waals surface area contributed by atoms with E-state index in [1.165, 1.54) is 11.6 Å². The van der Waals surface area contributed by atoms with Gasteiger partial charge >= 0.3 is 6.09 Å². The average Bonchev–Trinajstić information content (AvgIpc) is 3.36. The second-order valence-electron chi connectivity index (χ2n) is 7.58. The van der Waals surface area contributed by atoms with Crippen LogP contribution in [-0.4, -0.2) is 55.0 Å². The molecule has 1 aliphatic heterocycles. The summed E-state index contributed by atoms with van der Waals surface area (Å²) >= 11 is 0. The number of benzene rings is 2. The van der Waals surface area contributed by atoms with Crippen LogP contribution in [0, 0.1) is 0 Å². The van der Waals surface area contributed by atoms with Gasteiger partial charge in [-0.25, -0.2) is 10.3 Å². The van der Waals surface area contributed by atoms with Gasteiger partial charge < -0.3 is 28.8 Å². The molecule has 36 heavy (non-hydrogen) atoms. The SMILES string of the molecule is CCO[C@@H](CC/C=C/C(=O)NO)[C@@H](OC(=O)Nc1ccc2c(c1)OCO2)c1ccccc1OCCO. The molecule has 0 unspecified atom stereocenters. The van der Waals surface area contributed by atoms with Crippen LogP contribution in [0.15, 0.2) is 54.6 Å². The molecule has 11 heteroatoms. The molecule has 0 aromatic heterocycles. The van der Waals surface area contributed by atoms with E-state index < -0.39 is 24.2 Å². The Bertz CT molecular complexity index is 1040. The van der Waals surface area contributed by atoms with Gasteiger partial charge in [-0.3, -0.25) is 15.3 Å². The Morgan fingerprint density at radius 2 is 1.97 bits per heavy atom. The summed E-state index contributed by atoms with van der Waals surface area (Å²) in [5.74, 6) is 0.882. The highest BCUT2D eigenvalue weighted by Gasteiger charge is 2.30. The number of rotatable bonds is 13. The van der Waals surface area contributed by atoms with Crippen molar-refractivity contribution in [3.8, 4) is 17.2 Å². The maximum absolute atomic E-state index is 13.0. The van der Waals surface area contributed by atoms with E-state index in [9.17, 15) is 14.7 Å². The highest BCUT2D eigenvalue weighted by molar-refractivity contribution is 5.86. The van der Waals surface area contributed by atoms with Gasteiger partial charge in [-0.2, -0.15) is 0 Å². The van der Waals surface area contributed by atoms with Crippen molar-refractivity contribution in [3.05, 3.63) is 60.2 Å². The van der Waals surface area contributed by atoms with E-state index in [4.69, 9.17) is 28.9 Å². The summed E-state index contributed by atoms with van der Waals surface area (Å²) in [5, 5.41) is 20.6. The molecule has 0 aliphatic carbocycles. The van der Waals surface area contributed by atoms with Crippen LogP contribution in [0.1, 0.15) is 31.4 Å². The van der Waals surface area contributed by atoms with E-state index in [1.54, 1.807) is 48.5 Å². The number of aliphatic hydroxyl groups is 1. The number of hydrogen-bond acceptors (Lipinski definition) is 9. The number of aliphatic hydroxyl groups excluding tert-OH is 1. The molecule has 0 saturated heterocycles. The first kappa shape index (κ1) is 26.8. The fraction of sp³-hybridized carbons (Fsp3) is 0.360. The minimum atomic E-state index is -0.881. The Hall–Kier alpha value is -3.80. The van der Waals surface area contributed by atoms with E-state index in [2.05, 4.69) is 5.32 Å². The smallest absolute Gasteiger partial charge is 0.412 e. The van der Waals surface area contributed by atoms with Gasteiger partial charge in [0.1, 0.15) is 12.4 Å². The average molecular weight is 503 g/mol. The quantitative estimate of drug-likeness (QED) is 0.184. The van der Waals surface area contributed by atoms with Crippen molar-refractivity contribution in [1.82, 2.24) is 5.48 Å². The van der Waals surface area contributed by atoms with E-state index in [0.717, 1.165) is 0 Å². The summed E-state index contributed by atoms with van der Waals surface area (Å²) in [4.78, 5) is 24.2. The molecule has 1 heterocycles. The van der Waals surface area contributed by atoms with E-state index in [0.29, 0.717) is 47.9 Å². The number of nitrogens with one attached hydrogen (secondary N) is 2. The van der Waals surface area contributed by atoms with Crippen LogP contribution in [0.25, 0.3) is 0 Å². The molecule has 0 saturated carbocycles. The zero-order chi connectivity index (χ0) is 25.8. The van der Waals surface area contributed by atoms with Crippen molar-refractivity contribution in [1.29, 1.82) is 0 Å². The molecule has 0 bridgehead atoms. The normalized spacial score (nSPS) is 13.8. The van der Waals surface area contributed by atoms with Crippen LogP contribution in [0.4, 0.5) is 10.5 Å². The molecule has 11 nitrogen and oxygen atoms in total. The highest BCUT2D eigenvalue weighted by atomic mass is 16.7. The lowest BCUT2D eigenvalue weighted by Crippen LogP contribution is -2.29. The first-order valence-electron chi connectivity index (χ1n) is 11.5. The molecule has 0 radical (unpaired) electrons. The van der Waals surface area contributed by atoms with E-state index in [-0.39, 0.29) is 20.0 Å². The summed E-state index contributed by atoms with van der Waals surface area (Å²) in [6.45, 7) is 2.15. The first-order chi connectivity index (χ1) is 17.5. The number of para-hydroxylation sites is 1. The monoisotopic (exact) mass is 502 g/mol. The molecule has 4 N–H and O–H groups in total. The molecule has 2 atom stereocenters. The van der Waals surface area contributed by atoms with Crippen LogP contribution < -0.4 is 25.0 Å². The fourth-order valence-electron chi connectivity index (χ4n) is 3.60. The third-order valence-electron chi connectivity index (χ3n) is 5.14. The minimum absolute atomic E-state index is 0.0609. The zero-order valence-electron chi connectivity index (χ0n) is 19.8. The topological polar surface area (TPSA) is 145 Å². The molecular formula is C25H30N2O9. The third kappa shape index (κ3) is 7.60. The number of hydroxylamine groups is 1. The first-order valence-corrected chi connectivity index (χ1v) is 11.5. The lowest BCUT2D eigenvalue weighted by atomic mass is 9.99. The lowest BCUT2D eigenvalue weighted by Gasteiger charge is -2.28. The van der Waals surface area contributed by atoms with Gasteiger partial charge in [-0.05, 0) is 38.0 Å². The van der Waals surface area contributed by atoms with Crippen LogP contribution in [0.5, 0.6) is 17.2 Å². The van der Waals surface area contributed by atoms with Gasteiger partial charge in [-0.15, -0.1) is 0 Å². The van der Waals surface area contributed by atoms with Gasteiger partial charge in [0.15, 0.2) is 17.6 Å². The minimum Gasteiger partial charge on any atom is -0.491 e. The van der Waals surface area contributed by atoms with Crippen LogP contribution in [0.2, 0.25) is 0 Å². The van der Waals surface area contributed by atoms with Crippen molar-refractivity contribution in [2.45, 2.75) is 32.0 Å². The Morgan fingerprint density at radius 1 is 1.17 bits per heavy atom. The van der Waals surface area contributed by atoms with E-state index in [1.807, 2.05) is 6.92 Å². The number of fused-ring (bicyclic) bond motifs is 1. The number of ether oxygens (including phenoxy) is 5. The van der Waals surface area contributed by atoms with Crippen LogP contribution in [-0.2, 0) is 14.3 Å². The Balaban J connectivity index is 1.82. The maximum Gasteiger partial charge on any atom is 0.412 e. The zero-order valence-corrected chi connectivity index (χ0v) is 19.8. The Kier molecular flexibility index (Phi) is 10.4. The molecule has 194 valence electrons. The molecule has 2 aromatic rings. The molecular weight excluding hydrogens is 472 g/mol. The predicted molar refractivity (Wildman–Crippen MR) is 128 cm³/mol. The second kappa shape index (κ2) is 13.9. The number of hydrogen-bond donors (Lipinski definition) is 4. The van der Waals surface area contributed by atoms with Crippen molar-refractivity contribution in [2.75, 3.05) is 31.9 Å². The summed E-state index contributed by atoms with van der Waals surface area (Å²) in [6, 6.07) is 12.0. The maximum atomic E-state index is 13.0. The van der Waals surface area contributed by atoms with Crippen molar-refractivity contribution < 1.29 is 43.6 Å². The Morgan fingerprint density at radius 3 is 2.75 bits per heavy atom. The summed E-state index contributed by atoms with van der Waals surface area (Å²) in [7, 11) is 0. The van der Waals surface area contributed by atoms with Gasteiger partial charge in [0.25, 0.3) is 5.91 Å². The number of carbonyl (C=O) groups excluding carboxylic acids is 2.